The van der Waals surface area contributed by atoms with E-state index in [4.69, 9.17) is 0 Å². The van der Waals surface area contributed by atoms with Crippen LogP contribution in [0.3, 0.4) is 0 Å². The molecule has 0 bridgehead atoms. The second-order valence-electron chi connectivity index (χ2n) is 3.84. The number of fused-ring (bicyclic) bond motifs is 5. The van der Waals surface area contributed by atoms with Crippen molar-refractivity contribution in [1.82, 2.24) is 9.97 Å². The summed E-state index contributed by atoms with van der Waals surface area (Å²) in [5.74, 6) is 0. The molecule has 3 heteroatoms. The zero-order valence-corrected chi connectivity index (χ0v) is 10.1. The Labute approximate surface area is 97.7 Å². The number of H-pyrrole nitrogens is 1. The molecule has 2 nitrogen and oxygen atoms in total. The van der Waals surface area contributed by atoms with Crippen molar-refractivity contribution < 1.29 is 0 Å². The molecule has 1 aromatic carbocycles. The fraction of sp³-hybridized carbons (Fsp3) is 0. The normalized spacial score (nSPS) is 11.8. The van der Waals surface area contributed by atoms with Gasteiger partial charge in [0.1, 0.15) is 0 Å². The van der Waals surface area contributed by atoms with E-state index in [-0.39, 0.29) is 0 Å². The van der Waals surface area contributed by atoms with Crippen LogP contribution >= 0.6 is 0 Å². The number of hydrogen-bond acceptors (Lipinski definition) is 1. The molecule has 0 spiro atoms. The summed E-state index contributed by atoms with van der Waals surface area (Å²) in [6, 6.07) is 10.7. The minimum absolute atomic E-state index is 0.366. The zero-order chi connectivity index (χ0) is 10.5. The van der Waals surface area contributed by atoms with E-state index >= 15 is 0 Å². The molecule has 0 unspecified atom stereocenters. The Hall–Kier alpha value is -1.57. The van der Waals surface area contributed by atoms with Gasteiger partial charge in [-0.2, -0.15) is 0 Å². The maximum absolute atomic E-state index is 4.58. The van der Waals surface area contributed by atoms with Crippen LogP contribution in [0.25, 0.3) is 30.3 Å². The van der Waals surface area contributed by atoms with Crippen molar-refractivity contribution in [1.29, 1.82) is 0 Å². The summed E-state index contributed by atoms with van der Waals surface area (Å²) in [5, 5.41) is 3.88. The molecule has 0 saturated heterocycles. The molecular weight excluding hydrogens is 263 g/mol. The van der Waals surface area contributed by atoms with Crippen LogP contribution in [-0.4, -0.2) is 24.5 Å². The molecule has 0 atom stereocenters. The summed E-state index contributed by atoms with van der Waals surface area (Å²) in [7, 11) is 0. The molecule has 0 amide bonds. The van der Waals surface area contributed by atoms with Gasteiger partial charge in [-0.05, 0) is 0 Å². The number of hydrogen-bond donors (Lipinski definition) is 1. The quantitative estimate of drug-likeness (QED) is 0.489. The maximum atomic E-state index is 4.58. The van der Waals surface area contributed by atoms with Gasteiger partial charge in [0.25, 0.3) is 0 Å². The fourth-order valence-corrected chi connectivity index (χ4v) is 4.41. The number of nitrogens with zero attached hydrogens (tertiary/aromatic N) is 1. The van der Waals surface area contributed by atoms with Crippen molar-refractivity contribution in [2.45, 2.75) is 0 Å². The minimum atomic E-state index is 0.366. The molecule has 4 aromatic rings. The fourth-order valence-electron chi connectivity index (χ4n) is 2.20. The van der Waals surface area contributed by atoms with Crippen LogP contribution in [0.15, 0.2) is 42.7 Å². The van der Waals surface area contributed by atoms with Crippen molar-refractivity contribution in [2.75, 3.05) is 0 Å². The first-order valence-corrected chi connectivity index (χ1v) is 6.88. The summed E-state index contributed by atoms with van der Waals surface area (Å²) >= 11 is 0.366. The average molecular weight is 271 g/mol. The zero-order valence-electron chi connectivity index (χ0n) is 8.40. The van der Waals surface area contributed by atoms with Crippen LogP contribution in [0.2, 0.25) is 0 Å². The van der Waals surface area contributed by atoms with Crippen molar-refractivity contribution in [3.63, 3.8) is 0 Å². The van der Waals surface area contributed by atoms with E-state index in [9.17, 15) is 0 Å². The van der Waals surface area contributed by atoms with Gasteiger partial charge in [0, 0.05) is 0 Å². The van der Waals surface area contributed by atoms with Gasteiger partial charge >= 0.3 is 97.5 Å². The second-order valence-corrected chi connectivity index (χ2v) is 6.01. The first-order valence-electron chi connectivity index (χ1n) is 5.17. The SMILES string of the molecule is c1ccc2c(c1)[se]c1ncc3cc[nH]c3c12. The van der Waals surface area contributed by atoms with E-state index in [1.165, 1.54) is 30.3 Å². The van der Waals surface area contributed by atoms with Gasteiger partial charge in [-0.3, -0.25) is 0 Å². The molecule has 3 heterocycles. The topological polar surface area (TPSA) is 28.7 Å². The Morgan fingerprint density at radius 3 is 3.06 bits per heavy atom. The summed E-state index contributed by atoms with van der Waals surface area (Å²) in [5.41, 5.74) is 1.23. The molecule has 76 valence electrons. The molecule has 16 heavy (non-hydrogen) atoms. The third-order valence-corrected chi connectivity index (χ3v) is 5.19. The number of aromatic amines is 1. The number of pyridine rings is 1. The van der Waals surface area contributed by atoms with Crippen LogP contribution in [0.1, 0.15) is 0 Å². The third-order valence-electron chi connectivity index (χ3n) is 2.93. The summed E-state index contributed by atoms with van der Waals surface area (Å²) < 4.78 is 2.70. The third kappa shape index (κ3) is 0.993. The Morgan fingerprint density at radius 2 is 2.06 bits per heavy atom. The van der Waals surface area contributed by atoms with E-state index in [1.54, 1.807) is 0 Å². The van der Waals surface area contributed by atoms with Gasteiger partial charge in [-0.1, -0.05) is 0 Å². The Kier molecular flexibility index (Phi) is 1.59. The van der Waals surface area contributed by atoms with Crippen molar-refractivity contribution in [3.8, 4) is 0 Å². The van der Waals surface area contributed by atoms with Gasteiger partial charge in [0.05, 0.1) is 0 Å². The molecule has 4 rings (SSSR count). The molecule has 0 aliphatic rings. The van der Waals surface area contributed by atoms with Crippen molar-refractivity contribution >= 4 is 44.8 Å². The Bertz CT molecular complexity index is 810. The van der Waals surface area contributed by atoms with Crippen LogP contribution in [0, 0.1) is 0 Å². The van der Waals surface area contributed by atoms with Gasteiger partial charge < -0.3 is 0 Å². The molecule has 0 fully saturated rings. The molecule has 0 radical (unpaired) electrons. The monoisotopic (exact) mass is 272 g/mol. The van der Waals surface area contributed by atoms with Gasteiger partial charge in [-0.15, -0.1) is 0 Å². The molecule has 0 aliphatic heterocycles. The molecule has 1 N–H and O–H groups in total. The van der Waals surface area contributed by atoms with Crippen LogP contribution < -0.4 is 0 Å². The van der Waals surface area contributed by atoms with Gasteiger partial charge in [0.2, 0.25) is 0 Å². The van der Waals surface area contributed by atoms with Crippen molar-refractivity contribution in [3.05, 3.63) is 42.7 Å². The van der Waals surface area contributed by atoms with Crippen LogP contribution in [0.4, 0.5) is 0 Å². The Morgan fingerprint density at radius 1 is 1.12 bits per heavy atom. The molecule has 0 aliphatic carbocycles. The van der Waals surface area contributed by atoms with Crippen LogP contribution in [-0.2, 0) is 0 Å². The predicted octanol–water partition coefficient (Wildman–Crippen LogP) is 2.93. The van der Waals surface area contributed by atoms with E-state index in [0.29, 0.717) is 14.5 Å². The standard InChI is InChI=1S/C13H8N2Se/c1-2-4-10-9(3-1)11-12-8(5-6-14-12)7-15-13(11)16-10/h1-7,14H. The number of nitrogens with one attached hydrogen (secondary N) is 1. The second kappa shape index (κ2) is 2.97. The molecule has 0 saturated carbocycles. The Balaban J connectivity index is 2.42. The number of aromatic nitrogens is 2. The van der Waals surface area contributed by atoms with Gasteiger partial charge in [-0.25, -0.2) is 0 Å². The molecular formula is C13H8N2Se. The first-order chi connectivity index (χ1) is 7.93. The number of rotatable bonds is 0. The van der Waals surface area contributed by atoms with E-state index in [1.807, 2.05) is 12.4 Å². The molecule has 3 aromatic heterocycles. The summed E-state index contributed by atoms with van der Waals surface area (Å²) in [4.78, 5) is 7.91. The van der Waals surface area contributed by atoms with Crippen molar-refractivity contribution in [2.24, 2.45) is 0 Å². The summed E-state index contributed by atoms with van der Waals surface area (Å²) in [6.45, 7) is 0. The van der Waals surface area contributed by atoms with Crippen LogP contribution in [0.5, 0.6) is 0 Å². The number of benzene rings is 1. The first kappa shape index (κ1) is 8.57. The van der Waals surface area contributed by atoms with Gasteiger partial charge in [0.15, 0.2) is 0 Å². The average Bonchev–Trinajstić information content (AvgIpc) is 2.91. The van der Waals surface area contributed by atoms with E-state index in [0.717, 1.165) is 0 Å². The summed E-state index contributed by atoms with van der Waals surface area (Å²) in [6.07, 6.45) is 3.96. The van der Waals surface area contributed by atoms with E-state index in [2.05, 4.69) is 40.3 Å². The predicted molar refractivity (Wildman–Crippen MR) is 68.0 cm³/mol. The van der Waals surface area contributed by atoms with E-state index < -0.39 is 0 Å².